The van der Waals surface area contributed by atoms with Crippen molar-refractivity contribution in [1.82, 2.24) is 9.13 Å². The van der Waals surface area contributed by atoms with Gasteiger partial charge in [0.25, 0.3) is 0 Å². The quantitative estimate of drug-likeness (QED) is 0.362. The predicted molar refractivity (Wildman–Crippen MR) is 110 cm³/mol. The molecule has 4 nitrogen and oxygen atoms in total. The second kappa shape index (κ2) is 5.63. The van der Waals surface area contributed by atoms with Gasteiger partial charge in [0.1, 0.15) is 5.75 Å². The number of halogens is 1. The third kappa shape index (κ3) is 2.04. The van der Waals surface area contributed by atoms with E-state index < -0.39 is 0 Å². The Hall–Kier alpha value is -3.24. The Morgan fingerprint density at radius 3 is 2.54 bits per heavy atom. The van der Waals surface area contributed by atoms with Crippen LogP contribution < -0.4 is 10.4 Å². The molecular weight excluding hydrogens is 372 g/mol. The number of para-hydroxylation sites is 1. The molecule has 6 rings (SSSR count). The zero-order valence-electron chi connectivity index (χ0n) is 14.9. The molecule has 3 heterocycles. The molecule has 5 heteroatoms. The third-order valence-electron chi connectivity index (χ3n) is 5.54. The van der Waals surface area contributed by atoms with Gasteiger partial charge in [-0.05, 0) is 42.3 Å². The minimum Gasteiger partial charge on any atom is -0.454 e. The van der Waals surface area contributed by atoms with Crippen molar-refractivity contribution in [3.05, 3.63) is 87.8 Å². The van der Waals surface area contributed by atoms with E-state index in [1.807, 2.05) is 47.0 Å². The maximum absolute atomic E-state index is 13.5. The van der Waals surface area contributed by atoms with Crippen LogP contribution in [0.15, 0.2) is 71.5 Å². The van der Waals surface area contributed by atoms with E-state index in [1.54, 1.807) is 16.7 Å². The first-order chi connectivity index (χ1) is 13.7. The van der Waals surface area contributed by atoms with Gasteiger partial charge in [-0.3, -0.25) is 9.13 Å². The molecule has 0 N–H and O–H groups in total. The first-order valence-corrected chi connectivity index (χ1v) is 9.61. The van der Waals surface area contributed by atoms with Gasteiger partial charge in [0, 0.05) is 22.7 Å². The van der Waals surface area contributed by atoms with Crippen molar-refractivity contribution in [3.63, 3.8) is 0 Å². The number of imidazole rings is 1. The predicted octanol–water partition coefficient (Wildman–Crippen LogP) is 5.29. The number of benzene rings is 3. The van der Waals surface area contributed by atoms with Crippen LogP contribution in [0, 0.1) is 0 Å². The molecule has 4 aromatic rings. The molecule has 0 saturated heterocycles. The van der Waals surface area contributed by atoms with Crippen LogP contribution in [0.25, 0.3) is 28.2 Å². The number of hydrogen-bond donors (Lipinski definition) is 0. The highest BCUT2D eigenvalue weighted by molar-refractivity contribution is 6.30. The fourth-order valence-electron chi connectivity index (χ4n) is 4.32. The summed E-state index contributed by atoms with van der Waals surface area (Å²) in [5, 5.41) is 0.565. The monoisotopic (exact) mass is 386 g/mol. The molecule has 28 heavy (non-hydrogen) atoms. The van der Waals surface area contributed by atoms with Gasteiger partial charge < -0.3 is 4.74 Å². The minimum atomic E-state index is -0.0664. The summed E-state index contributed by atoms with van der Waals surface area (Å²) in [5.41, 5.74) is 5.65. The van der Waals surface area contributed by atoms with Gasteiger partial charge in [0.2, 0.25) is 0 Å². The van der Waals surface area contributed by atoms with E-state index in [2.05, 4.69) is 12.1 Å². The Morgan fingerprint density at radius 1 is 0.857 bits per heavy atom. The zero-order chi connectivity index (χ0) is 18.8. The highest BCUT2D eigenvalue weighted by Crippen LogP contribution is 2.46. The Labute approximate surface area is 166 Å². The van der Waals surface area contributed by atoms with Crippen LogP contribution in [0.2, 0.25) is 5.02 Å². The fourth-order valence-corrected chi connectivity index (χ4v) is 4.49. The number of fused-ring (bicyclic) bond motifs is 9. The highest BCUT2D eigenvalue weighted by atomic mass is 35.5. The molecule has 0 bridgehead atoms. The standard InChI is InChI=1S/C23H15ClN2O2/c24-15-9-10-20-18(13-15)26-22(17-7-3-4-8-19(17)28-20)21-16-6-2-1-5-14(16)11-12-25(21)23(26)27/h1-10,13H,11-12H2. The fraction of sp³-hybridized carbons (Fsp3) is 0.0870. The largest absolute Gasteiger partial charge is 0.454 e. The second-order valence-corrected chi connectivity index (χ2v) is 7.52. The van der Waals surface area contributed by atoms with Crippen LogP contribution in [0.4, 0.5) is 0 Å². The summed E-state index contributed by atoms with van der Waals surface area (Å²) in [5.74, 6) is 1.35. The molecule has 0 atom stereocenters. The van der Waals surface area contributed by atoms with E-state index in [4.69, 9.17) is 16.3 Å². The van der Waals surface area contributed by atoms with Crippen molar-refractivity contribution in [3.8, 4) is 39.7 Å². The van der Waals surface area contributed by atoms with Crippen molar-refractivity contribution < 1.29 is 4.74 Å². The van der Waals surface area contributed by atoms with Gasteiger partial charge in [0.05, 0.1) is 17.1 Å². The Kier molecular flexibility index (Phi) is 3.17. The number of nitrogens with zero attached hydrogens (tertiary/aromatic N) is 2. The van der Waals surface area contributed by atoms with Crippen LogP contribution in [-0.2, 0) is 13.0 Å². The van der Waals surface area contributed by atoms with Crippen LogP contribution in [0.5, 0.6) is 11.5 Å². The number of ether oxygens (including phenoxy) is 1. The number of rotatable bonds is 0. The topological polar surface area (TPSA) is 36.2 Å². The summed E-state index contributed by atoms with van der Waals surface area (Å²) in [6, 6.07) is 21.6. The second-order valence-electron chi connectivity index (χ2n) is 7.08. The summed E-state index contributed by atoms with van der Waals surface area (Å²) in [4.78, 5) is 13.5. The zero-order valence-corrected chi connectivity index (χ0v) is 15.6. The molecule has 2 aliphatic rings. The number of aromatic nitrogens is 2. The molecule has 2 aliphatic heterocycles. The highest BCUT2D eigenvalue weighted by Gasteiger charge is 2.32. The van der Waals surface area contributed by atoms with Gasteiger partial charge >= 0.3 is 5.69 Å². The first kappa shape index (κ1) is 15.8. The van der Waals surface area contributed by atoms with E-state index in [0.717, 1.165) is 34.7 Å². The lowest BCUT2D eigenvalue weighted by atomic mass is 9.95. The lowest BCUT2D eigenvalue weighted by Crippen LogP contribution is -2.26. The smallest absolute Gasteiger partial charge is 0.333 e. The van der Waals surface area contributed by atoms with Crippen LogP contribution in [-0.4, -0.2) is 9.13 Å². The lowest BCUT2D eigenvalue weighted by molar-refractivity contribution is 0.484. The molecule has 3 aromatic carbocycles. The van der Waals surface area contributed by atoms with E-state index >= 15 is 0 Å². The molecule has 0 radical (unpaired) electrons. The molecule has 136 valence electrons. The van der Waals surface area contributed by atoms with Gasteiger partial charge in [-0.25, -0.2) is 4.79 Å². The normalized spacial score (nSPS) is 13.3. The lowest BCUT2D eigenvalue weighted by Gasteiger charge is -2.19. The summed E-state index contributed by atoms with van der Waals surface area (Å²) < 4.78 is 9.84. The van der Waals surface area contributed by atoms with Crippen molar-refractivity contribution >= 4 is 11.6 Å². The maximum atomic E-state index is 13.5. The Morgan fingerprint density at radius 2 is 1.64 bits per heavy atom. The molecule has 0 aliphatic carbocycles. The van der Waals surface area contributed by atoms with Gasteiger partial charge in [-0.1, -0.05) is 48.0 Å². The summed E-state index contributed by atoms with van der Waals surface area (Å²) in [6.45, 7) is 0.657. The SMILES string of the molecule is O=c1n2c(c3n1-c1cc(Cl)ccc1Oc1ccccc1-3)-c1ccccc1CC2. The summed E-state index contributed by atoms with van der Waals surface area (Å²) in [6.07, 6.45) is 0.840. The minimum absolute atomic E-state index is 0.0664. The average molecular weight is 387 g/mol. The molecule has 0 unspecified atom stereocenters. The summed E-state index contributed by atoms with van der Waals surface area (Å²) >= 11 is 6.29. The maximum Gasteiger partial charge on any atom is 0.333 e. The van der Waals surface area contributed by atoms with Crippen LogP contribution in [0.3, 0.4) is 0 Å². The van der Waals surface area contributed by atoms with Crippen LogP contribution in [0.1, 0.15) is 5.56 Å². The van der Waals surface area contributed by atoms with E-state index in [9.17, 15) is 4.79 Å². The molecule has 0 amide bonds. The van der Waals surface area contributed by atoms with Crippen molar-refractivity contribution in [2.24, 2.45) is 0 Å². The number of hydrogen-bond acceptors (Lipinski definition) is 2. The Bertz CT molecular complexity index is 1330. The van der Waals surface area contributed by atoms with Gasteiger partial charge in [-0.2, -0.15) is 0 Å². The van der Waals surface area contributed by atoms with Gasteiger partial charge in [0.15, 0.2) is 5.75 Å². The van der Waals surface area contributed by atoms with Crippen molar-refractivity contribution in [1.29, 1.82) is 0 Å². The van der Waals surface area contributed by atoms with E-state index in [1.165, 1.54) is 5.56 Å². The van der Waals surface area contributed by atoms with E-state index in [0.29, 0.717) is 23.0 Å². The van der Waals surface area contributed by atoms with Crippen LogP contribution >= 0.6 is 11.6 Å². The molecule has 1 aromatic heterocycles. The third-order valence-corrected chi connectivity index (χ3v) is 5.78. The molecular formula is C23H15ClN2O2. The first-order valence-electron chi connectivity index (χ1n) is 9.23. The van der Waals surface area contributed by atoms with Gasteiger partial charge in [-0.15, -0.1) is 0 Å². The molecule has 0 saturated carbocycles. The Balaban J connectivity index is 1.82. The van der Waals surface area contributed by atoms with E-state index in [-0.39, 0.29) is 5.69 Å². The van der Waals surface area contributed by atoms with Crippen molar-refractivity contribution in [2.75, 3.05) is 0 Å². The van der Waals surface area contributed by atoms with Crippen molar-refractivity contribution in [2.45, 2.75) is 13.0 Å². The molecule has 0 spiro atoms. The number of aryl methyl sites for hydroxylation is 1. The summed E-state index contributed by atoms with van der Waals surface area (Å²) in [7, 11) is 0. The molecule has 0 fully saturated rings. The average Bonchev–Trinajstić information content (AvgIpc) is 2.94.